The first-order chi connectivity index (χ1) is 11.6. The Morgan fingerprint density at radius 1 is 1.17 bits per heavy atom. The smallest absolute Gasteiger partial charge is 0.253 e. The van der Waals surface area contributed by atoms with Crippen molar-refractivity contribution in [2.45, 2.75) is 19.9 Å². The molecule has 0 atom stereocenters. The summed E-state index contributed by atoms with van der Waals surface area (Å²) in [7, 11) is 1.78. The molecule has 1 aromatic carbocycles. The van der Waals surface area contributed by atoms with E-state index in [0.29, 0.717) is 13.0 Å². The van der Waals surface area contributed by atoms with Crippen LogP contribution in [0.25, 0.3) is 16.8 Å². The van der Waals surface area contributed by atoms with Gasteiger partial charge in [-0.1, -0.05) is 25.1 Å². The van der Waals surface area contributed by atoms with Crippen molar-refractivity contribution in [3.05, 3.63) is 70.4 Å². The Bertz CT molecular complexity index is 937. The minimum atomic E-state index is 0.0519. The molecule has 0 bridgehead atoms. The molecule has 0 fully saturated rings. The van der Waals surface area contributed by atoms with Gasteiger partial charge in [0.25, 0.3) is 5.56 Å². The standard InChI is InChI=1S/C19H20N4O/c1-4-14-9-16(12-22(3)19(14)24)17-11-21-23(13-17)18-8-6-5-7-15(18)10-20-2/h5-9,11-13H,2,4,10H2,1,3H3. The molecule has 0 spiro atoms. The summed E-state index contributed by atoms with van der Waals surface area (Å²) in [6.45, 7) is 6.10. The fourth-order valence-corrected chi connectivity index (χ4v) is 2.78. The second-order valence-corrected chi connectivity index (χ2v) is 5.71. The molecule has 122 valence electrons. The summed E-state index contributed by atoms with van der Waals surface area (Å²) in [6, 6.07) is 9.93. The van der Waals surface area contributed by atoms with Crippen LogP contribution >= 0.6 is 0 Å². The molecule has 0 radical (unpaired) electrons. The van der Waals surface area contributed by atoms with E-state index < -0.39 is 0 Å². The maximum Gasteiger partial charge on any atom is 0.253 e. The van der Waals surface area contributed by atoms with Crippen LogP contribution in [0.3, 0.4) is 0 Å². The number of para-hydroxylation sites is 1. The molecule has 0 aliphatic rings. The number of benzene rings is 1. The van der Waals surface area contributed by atoms with Gasteiger partial charge < -0.3 is 4.57 Å². The number of aliphatic imine (C=N–C) groups is 1. The highest BCUT2D eigenvalue weighted by Gasteiger charge is 2.09. The third-order valence-corrected chi connectivity index (χ3v) is 4.07. The van der Waals surface area contributed by atoms with Gasteiger partial charge in [-0.25, -0.2) is 4.68 Å². The van der Waals surface area contributed by atoms with E-state index in [-0.39, 0.29) is 5.56 Å². The summed E-state index contributed by atoms with van der Waals surface area (Å²) >= 11 is 0. The van der Waals surface area contributed by atoms with Crippen LogP contribution in [0.15, 0.2) is 58.7 Å². The van der Waals surface area contributed by atoms with Gasteiger partial charge in [0.2, 0.25) is 0 Å². The maximum atomic E-state index is 12.1. The molecule has 0 aliphatic heterocycles. The first kappa shape index (κ1) is 15.9. The second kappa shape index (κ2) is 6.66. The van der Waals surface area contributed by atoms with E-state index >= 15 is 0 Å². The lowest BCUT2D eigenvalue weighted by Crippen LogP contribution is -2.20. The monoisotopic (exact) mass is 320 g/mol. The summed E-state index contributed by atoms with van der Waals surface area (Å²) in [5.41, 5.74) is 4.87. The minimum Gasteiger partial charge on any atom is -0.318 e. The van der Waals surface area contributed by atoms with E-state index in [1.54, 1.807) is 11.6 Å². The Labute approximate surface area is 140 Å². The first-order valence-corrected chi connectivity index (χ1v) is 7.89. The maximum absolute atomic E-state index is 12.1. The van der Waals surface area contributed by atoms with Gasteiger partial charge >= 0.3 is 0 Å². The molecule has 0 N–H and O–H groups in total. The zero-order valence-electron chi connectivity index (χ0n) is 13.9. The summed E-state index contributed by atoms with van der Waals surface area (Å²) < 4.78 is 3.47. The molecule has 3 aromatic rings. The molecule has 3 rings (SSSR count). The second-order valence-electron chi connectivity index (χ2n) is 5.71. The van der Waals surface area contributed by atoms with Crippen molar-refractivity contribution in [3.8, 4) is 16.8 Å². The van der Waals surface area contributed by atoms with Gasteiger partial charge in [-0.05, 0) is 30.8 Å². The van der Waals surface area contributed by atoms with Gasteiger partial charge in [0.05, 0.1) is 18.4 Å². The Kier molecular flexibility index (Phi) is 4.42. The summed E-state index contributed by atoms with van der Waals surface area (Å²) in [5, 5.41) is 4.48. The first-order valence-electron chi connectivity index (χ1n) is 7.89. The van der Waals surface area contributed by atoms with Crippen molar-refractivity contribution in [2.24, 2.45) is 12.0 Å². The van der Waals surface area contributed by atoms with Crippen LogP contribution in [0.4, 0.5) is 0 Å². The molecule has 0 saturated carbocycles. The molecular formula is C19H20N4O. The van der Waals surface area contributed by atoms with Gasteiger partial charge in [0.15, 0.2) is 0 Å². The molecule has 5 heteroatoms. The molecule has 0 unspecified atom stereocenters. The van der Waals surface area contributed by atoms with Crippen LogP contribution in [0.5, 0.6) is 0 Å². The van der Waals surface area contributed by atoms with Crippen molar-refractivity contribution in [3.63, 3.8) is 0 Å². The van der Waals surface area contributed by atoms with Crippen LogP contribution in [0, 0.1) is 0 Å². The van der Waals surface area contributed by atoms with E-state index in [2.05, 4.69) is 16.8 Å². The zero-order valence-corrected chi connectivity index (χ0v) is 13.9. The summed E-state index contributed by atoms with van der Waals surface area (Å²) in [4.78, 5) is 16.0. The Hall–Kier alpha value is -2.95. The van der Waals surface area contributed by atoms with Crippen LogP contribution < -0.4 is 5.56 Å². The summed E-state index contributed by atoms with van der Waals surface area (Å²) in [6.07, 6.45) is 6.35. The van der Waals surface area contributed by atoms with Crippen molar-refractivity contribution in [1.29, 1.82) is 0 Å². The van der Waals surface area contributed by atoms with Crippen LogP contribution in [0.2, 0.25) is 0 Å². The topological polar surface area (TPSA) is 52.2 Å². The lowest BCUT2D eigenvalue weighted by molar-refractivity contribution is 0.837. The molecule has 24 heavy (non-hydrogen) atoms. The highest BCUT2D eigenvalue weighted by atomic mass is 16.1. The molecule has 0 saturated heterocycles. The largest absolute Gasteiger partial charge is 0.318 e. The van der Waals surface area contributed by atoms with Gasteiger partial charge in [0.1, 0.15) is 0 Å². The van der Waals surface area contributed by atoms with E-state index in [0.717, 1.165) is 27.9 Å². The minimum absolute atomic E-state index is 0.0519. The number of hydrogen-bond donors (Lipinski definition) is 0. The molecule has 2 aromatic heterocycles. The third kappa shape index (κ3) is 2.93. The number of hydrogen-bond acceptors (Lipinski definition) is 3. The average Bonchev–Trinajstić information content (AvgIpc) is 3.08. The number of nitrogens with zero attached hydrogens (tertiary/aromatic N) is 4. The third-order valence-electron chi connectivity index (χ3n) is 4.07. The Morgan fingerprint density at radius 2 is 1.96 bits per heavy atom. The average molecular weight is 320 g/mol. The predicted octanol–water partition coefficient (Wildman–Crippen LogP) is 3.00. The zero-order chi connectivity index (χ0) is 17.1. The lowest BCUT2D eigenvalue weighted by atomic mass is 10.1. The van der Waals surface area contributed by atoms with E-state index in [1.807, 2.05) is 60.5 Å². The van der Waals surface area contributed by atoms with Crippen molar-refractivity contribution < 1.29 is 0 Å². The molecule has 2 heterocycles. The SMILES string of the molecule is C=NCc1ccccc1-n1cc(-c2cc(CC)c(=O)n(C)c2)cn1. The Morgan fingerprint density at radius 3 is 2.71 bits per heavy atom. The van der Waals surface area contributed by atoms with E-state index in [9.17, 15) is 4.79 Å². The highest BCUT2D eigenvalue weighted by Crippen LogP contribution is 2.22. The number of aryl methyl sites for hydroxylation is 2. The fourth-order valence-electron chi connectivity index (χ4n) is 2.78. The molecule has 0 amide bonds. The lowest BCUT2D eigenvalue weighted by Gasteiger charge is -2.07. The normalized spacial score (nSPS) is 10.8. The van der Waals surface area contributed by atoms with Gasteiger partial charge in [-0.3, -0.25) is 9.79 Å². The Balaban J connectivity index is 2.05. The molecule has 0 aliphatic carbocycles. The van der Waals surface area contributed by atoms with E-state index in [1.165, 1.54) is 0 Å². The van der Waals surface area contributed by atoms with Crippen molar-refractivity contribution in [1.82, 2.24) is 14.3 Å². The van der Waals surface area contributed by atoms with Crippen molar-refractivity contribution in [2.75, 3.05) is 0 Å². The van der Waals surface area contributed by atoms with Crippen molar-refractivity contribution >= 4 is 6.72 Å². The predicted molar refractivity (Wildman–Crippen MR) is 96.9 cm³/mol. The number of pyridine rings is 1. The van der Waals surface area contributed by atoms with Gasteiger partial charge in [-0.15, -0.1) is 0 Å². The fraction of sp³-hybridized carbons (Fsp3) is 0.211. The van der Waals surface area contributed by atoms with Gasteiger partial charge in [0, 0.05) is 36.1 Å². The molecule has 5 nitrogen and oxygen atoms in total. The van der Waals surface area contributed by atoms with Crippen LogP contribution in [0.1, 0.15) is 18.1 Å². The summed E-state index contributed by atoms with van der Waals surface area (Å²) in [5.74, 6) is 0. The van der Waals surface area contributed by atoms with Crippen LogP contribution in [-0.4, -0.2) is 21.1 Å². The number of aromatic nitrogens is 3. The van der Waals surface area contributed by atoms with E-state index in [4.69, 9.17) is 0 Å². The van der Waals surface area contributed by atoms with Crippen LogP contribution in [-0.2, 0) is 20.0 Å². The van der Waals surface area contributed by atoms with Gasteiger partial charge in [-0.2, -0.15) is 5.10 Å². The quantitative estimate of drug-likeness (QED) is 0.679. The highest BCUT2D eigenvalue weighted by molar-refractivity contribution is 5.62. The number of rotatable bonds is 5. The molecular weight excluding hydrogens is 300 g/mol.